The van der Waals surface area contributed by atoms with E-state index >= 15 is 0 Å². The SMILES string of the molecule is Cc1ccc(CN2C(=O)C(C)Nc3cc4c(cc32)OCO4)cc1. The molecular weight excluding hydrogens is 292 g/mol. The van der Waals surface area contributed by atoms with Gasteiger partial charge in [-0.2, -0.15) is 0 Å². The van der Waals surface area contributed by atoms with Gasteiger partial charge in [0.05, 0.1) is 17.9 Å². The predicted molar refractivity (Wildman–Crippen MR) is 88.0 cm³/mol. The van der Waals surface area contributed by atoms with Crippen LogP contribution in [-0.4, -0.2) is 18.7 Å². The zero-order valence-electron chi connectivity index (χ0n) is 13.1. The molecule has 2 aliphatic heterocycles. The standard InChI is InChI=1S/C18H18N2O3/c1-11-3-5-13(6-4-11)9-20-15-8-17-16(22-10-23-17)7-14(15)19-12(2)18(20)21/h3-8,12,19H,9-10H2,1-2H3. The van der Waals surface area contributed by atoms with Gasteiger partial charge in [0.25, 0.3) is 0 Å². The molecule has 23 heavy (non-hydrogen) atoms. The van der Waals surface area contributed by atoms with Gasteiger partial charge in [-0.05, 0) is 19.4 Å². The van der Waals surface area contributed by atoms with E-state index in [1.165, 1.54) is 5.56 Å². The fourth-order valence-corrected chi connectivity index (χ4v) is 2.96. The smallest absolute Gasteiger partial charge is 0.249 e. The number of nitrogens with one attached hydrogen (secondary N) is 1. The third-order valence-corrected chi connectivity index (χ3v) is 4.25. The van der Waals surface area contributed by atoms with Crippen molar-refractivity contribution in [2.75, 3.05) is 17.0 Å². The number of anilines is 2. The summed E-state index contributed by atoms with van der Waals surface area (Å²) in [5, 5.41) is 3.24. The Hall–Kier alpha value is -2.69. The molecule has 5 nitrogen and oxygen atoms in total. The van der Waals surface area contributed by atoms with Crippen molar-refractivity contribution in [1.29, 1.82) is 0 Å². The van der Waals surface area contributed by atoms with Crippen LogP contribution in [0.25, 0.3) is 0 Å². The minimum absolute atomic E-state index is 0.0527. The zero-order chi connectivity index (χ0) is 16.0. The van der Waals surface area contributed by atoms with E-state index in [-0.39, 0.29) is 18.7 Å². The summed E-state index contributed by atoms with van der Waals surface area (Å²) in [5.41, 5.74) is 4.03. The summed E-state index contributed by atoms with van der Waals surface area (Å²) in [6.45, 7) is 4.69. The normalized spacial score (nSPS) is 18.6. The van der Waals surface area contributed by atoms with Crippen LogP contribution < -0.4 is 19.7 Å². The van der Waals surface area contributed by atoms with Crippen LogP contribution in [0, 0.1) is 6.92 Å². The van der Waals surface area contributed by atoms with Crippen molar-refractivity contribution in [2.24, 2.45) is 0 Å². The maximum atomic E-state index is 12.7. The average Bonchev–Trinajstić information content (AvgIpc) is 2.99. The number of carbonyl (C=O) groups is 1. The first-order chi connectivity index (χ1) is 11.1. The number of amides is 1. The first-order valence-corrected chi connectivity index (χ1v) is 7.69. The summed E-state index contributed by atoms with van der Waals surface area (Å²) in [7, 11) is 0. The molecule has 2 heterocycles. The molecule has 1 N–H and O–H groups in total. The molecule has 1 atom stereocenters. The van der Waals surface area contributed by atoms with E-state index in [0.717, 1.165) is 16.9 Å². The van der Waals surface area contributed by atoms with Crippen LogP contribution in [0.1, 0.15) is 18.1 Å². The maximum Gasteiger partial charge on any atom is 0.249 e. The Morgan fingerprint density at radius 2 is 1.87 bits per heavy atom. The Balaban J connectivity index is 1.73. The van der Waals surface area contributed by atoms with Crippen molar-refractivity contribution in [1.82, 2.24) is 0 Å². The van der Waals surface area contributed by atoms with E-state index in [1.54, 1.807) is 0 Å². The number of rotatable bonds is 2. The summed E-state index contributed by atoms with van der Waals surface area (Å²) in [5.74, 6) is 1.45. The van der Waals surface area contributed by atoms with E-state index in [4.69, 9.17) is 9.47 Å². The van der Waals surface area contributed by atoms with E-state index < -0.39 is 0 Å². The lowest BCUT2D eigenvalue weighted by Gasteiger charge is -2.34. The van der Waals surface area contributed by atoms with Gasteiger partial charge in [-0.15, -0.1) is 0 Å². The maximum absolute atomic E-state index is 12.7. The molecule has 0 fully saturated rings. The van der Waals surface area contributed by atoms with Gasteiger partial charge >= 0.3 is 0 Å². The van der Waals surface area contributed by atoms with E-state index in [1.807, 2.05) is 24.0 Å². The van der Waals surface area contributed by atoms with Crippen LogP contribution in [0.5, 0.6) is 11.5 Å². The average molecular weight is 310 g/mol. The number of benzene rings is 2. The molecule has 118 valence electrons. The van der Waals surface area contributed by atoms with Gasteiger partial charge in [-0.25, -0.2) is 0 Å². The molecule has 2 aliphatic rings. The molecule has 4 rings (SSSR count). The Morgan fingerprint density at radius 1 is 1.17 bits per heavy atom. The van der Waals surface area contributed by atoms with E-state index in [0.29, 0.717) is 18.0 Å². The number of carbonyl (C=O) groups excluding carboxylic acids is 1. The number of hydrogen-bond donors (Lipinski definition) is 1. The quantitative estimate of drug-likeness (QED) is 0.926. The van der Waals surface area contributed by atoms with Crippen LogP contribution in [0.3, 0.4) is 0 Å². The molecule has 0 radical (unpaired) electrons. The van der Waals surface area contributed by atoms with E-state index in [2.05, 4.69) is 36.5 Å². The van der Waals surface area contributed by atoms with Crippen LogP contribution in [0.2, 0.25) is 0 Å². The predicted octanol–water partition coefficient (Wildman–Crippen LogP) is 3.07. The second kappa shape index (κ2) is 5.19. The largest absolute Gasteiger partial charge is 0.454 e. The fourth-order valence-electron chi connectivity index (χ4n) is 2.96. The van der Waals surface area contributed by atoms with Gasteiger partial charge < -0.3 is 19.7 Å². The summed E-state index contributed by atoms with van der Waals surface area (Å²) in [6.07, 6.45) is 0. The van der Waals surface area contributed by atoms with Crippen molar-refractivity contribution >= 4 is 17.3 Å². The van der Waals surface area contributed by atoms with Crippen molar-refractivity contribution in [3.05, 3.63) is 47.5 Å². The molecule has 2 aromatic rings. The minimum Gasteiger partial charge on any atom is -0.454 e. The second-order valence-electron chi connectivity index (χ2n) is 6.00. The molecule has 1 amide bonds. The number of ether oxygens (including phenoxy) is 2. The first kappa shape index (κ1) is 13.9. The highest BCUT2D eigenvalue weighted by Crippen LogP contribution is 2.43. The Morgan fingerprint density at radius 3 is 2.61 bits per heavy atom. The third-order valence-electron chi connectivity index (χ3n) is 4.25. The lowest BCUT2D eigenvalue weighted by molar-refractivity contribution is -0.119. The zero-order valence-corrected chi connectivity index (χ0v) is 13.1. The number of fused-ring (bicyclic) bond motifs is 2. The van der Waals surface area contributed by atoms with Crippen LogP contribution >= 0.6 is 0 Å². The van der Waals surface area contributed by atoms with Crippen LogP contribution in [0.15, 0.2) is 36.4 Å². The second-order valence-corrected chi connectivity index (χ2v) is 6.00. The van der Waals surface area contributed by atoms with Gasteiger partial charge in [-0.3, -0.25) is 4.79 Å². The number of nitrogens with zero attached hydrogens (tertiary/aromatic N) is 1. The molecule has 0 aliphatic carbocycles. The molecule has 5 heteroatoms. The summed E-state index contributed by atoms with van der Waals surface area (Å²) in [6, 6.07) is 11.8. The Bertz CT molecular complexity index is 771. The van der Waals surface area contributed by atoms with Crippen LogP contribution in [-0.2, 0) is 11.3 Å². The highest BCUT2D eigenvalue weighted by Gasteiger charge is 2.32. The van der Waals surface area contributed by atoms with Gasteiger partial charge in [0.15, 0.2) is 11.5 Å². The summed E-state index contributed by atoms with van der Waals surface area (Å²) < 4.78 is 10.9. The lowest BCUT2D eigenvalue weighted by atomic mass is 10.1. The molecular formula is C18H18N2O3. The molecule has 0 aromatic heterocycles. The van der Waals surface area contributed by atoms with Gasteiger partial charge in [-0.1, -0.05) is 29.8 Å². The highest BCUT2D eigenvalue weighted by molar-refractivity contribution is 6.05. The molecule has 0 saturated carbocycles. The first-order valence-electron chi connectivity index (χ1n) is 7.69. The Kier molecular flexibility index (Phi) is 3.15. The molecule has 2 aromatic carbocycles. The summed E-state index contributed by atoms with van der Waals surface area (Å²) in [4.78, 5) is 14.5. The van der Waals surface area contributed by atoms with Gasteiger partial charge in [0.1, 0.15) is 6.04 Å². The monoisotopic (exact) mass is 310 g/mol. The van der Waals surface area contributed by atoms with Crippen molar-refractivity contribution in [2.45, 2.75) is 26.4 Å². The molecule has 0 spiro atoms. The minimum atomic E-state index is -0.270. The molecule has 1 unspecified atom stereocenters. The van der Waals surface area contributed by atoms with Crippen molar-refractivity contribution < 1.29 is 14.3 Å². The number of aryl methyl sites for hydroxylation is 1. The summed E-state index contributed by atoms with van der Waals surface area (Å²) >= 11 is 0. The van der Waals surface area contributed by atoms with Crippen LogP contribution in [0.4, 0.5) is 11.4 Å². The highest BCUT2D eigenvalue weighted by atomic mass is 16.7. The third kappa shape index (κ3) is 2.38. The lowest BCUT2D eigenvalue weighted by Crippen LogP contribution is -2.45. The molecule has 0 bridgehead atoms. The van der Waals surface area contributed by atoms with Crippen molar-refractivity contribution in [3.8, 4) is 11.5 Å². The van der Waals surface area contributed by atoms with Crippen molar-refractivity contribution in [3.63, 3.8) is 0 Å². The topological polar surface area (TPSA) is 50.8 Å². The molecule has 0 saturated heterocycles. The Labute approximate surface area is 134 Å². The van der Waals surface area contributed by atoms with E-state index in [9.17, 15) is 4.79 Å². The van der Waals surface area contributed by atoms with Gasteiger partial charge in [0.2, 0.25) is 12.7 Å². The number of hydrogen-bond acceptors (Lipinski definition) is 4. The van der Waals surface area contributed by atoms with Gasteiger partial charge in [0, 0.05) is 12.1 Å². The fraction of sp³-hybridized carbons (Fsp3) is 0.278.